The summed E-state index contributed by atoms with van der Waals surface area (Å²) in [5, 5.41) is 0. The molecule has 6 heteroatoms. The quantitative estimate of drug-likeness (QED) is 0.745. The number of rotatable bonds is 1. The molecule has 0 aromatic rings. The van der Waals surface area contributed by atoms with E-state index in [1.807, 2.05) is 48.5 Å². The number of ether oxygens (including phenoxy) is 2. The van der Waals surface area contributed by atoms with E-state index >= 15 is 0 Å². The maximum absolute atomic E-state index is 12.3. The molecule has 0 spiro atoms. The largest absolute Gasteiger partial charge is 0.444 e. The van der Waals surface area contributed by atoms with Crippen LogP contribution in [-0.4, -0.2) is 58.9 Å². The normalized spacial score (nSPS) is 19.9. The fourth-order valence-corrected chi connectivity index (χ4v) is 2.26. The third kappa shape index (κ3) is 5.73. The first-order valence-corrected chi connectivity index (χ1v) is 7.90. The van der Waals surface area contributed by atoms with Crippen molar-refractivity contribution in [3.8, 4) is 0 Å². The third-order valence-electron chi connectivity index (χ3n) is 3.23. The lowest BCUT2D eigenvalue weighted by atomic mass is 10.1. The summed E-state index contributed by atoms with van der Waals surface area (Å²) in [4.78, 5) is 27.8. The van der Waals surface area contributed by atoms with Crippen molar-refractivity contribution in [1.29, 1.82) is 0 Å². The second-order valence-corrected chi connectivity index (χ2v) is 7.66. The van der Waals surface area contributed by atoms with Crippen LogP contribution >= 0.6 is 0 Å². The topological polar surface area (TPSA) is 59.1 Å². The van der Waals surface area contributed by atoms with E-state index in [1.165, 1.54) is 0 Å². The van der Waals surface area contributed by atoms with Gasteiger partial charge in [-0.05, 0) is 48.0 Å². The third-order valence-corrected chi connectivity index (χ3v) is 3.23. The van der Waals surface area contributed by atoms with Gasteiger partial charge >= 0.3 is 12.2 Å². The number of nitrogens with zero attached hydrogens (tertiary/aromatic N) is 2. The van der Waals surface area contributed by atoms with Gasteiger partial charge in [-0.25, -0.2) is 9.59 Å². The maximum atomic E-state index is 12.3. The Morgan fingerprint density at radius 2 is 1.45 bits per heavy atom. The van der Waals surface area contributed by atoms with Gasteiger partial charge in [-0.3, -0.25) is 0 Å². The minimum atomic E-state index is -0.516. The van der Waals surface area contributed by atoms with Crippen LogP contribution in [0.4, 0.5) is 9.59 Å². The predicted molar refractivity (Wildman–Crippen MR) is 84.8 cm³/mol. The molecule has 1 aliphatic rings. The molecule has 1 heterocycles. The average molecular weight is 314 g/mol. The lowest BCUT2D eigenvalue weighted by Gasteiger charge is -2.41. The van der Waals surface area contributed by atoms with Crippen molar-refractivity contribution in [2.24, 2.45) is 0 Å². The van der Waals surface area contributed by atoms with Gasteiger partial charge < -0.3 is 19.3 Å². The molecule has 0 aromatic heterocycles. The first-order chi connectivity index (χ1) is 9.93. The van der Waals surface area contributed by atoms with Gasteiger partial charge in [0, 0.05) is 19.6 Å². The predicted octanol–water partition coefficient (Wildman–Crippen LogP) is 3.25. The smallest absolute Gasteiger partial charge is 0.410 e. The lowest BCUT2D eigenvalue weighted by molar-refractivity contribution is -0.0151. The maximum Gasteiger partial charge on any atom is 0.410 e. The molecule has 0 bridgehead atoms. The second kappa shape index (κ2) is 6.75. The standard InChI is InChI=1S/C16H30N2O4/c1-8-12-11-17(13(19)21-15(2,3)4)9-10-18(12)14(20)22-16(5,6)7/h12H,8-11H2,1-7H3. The van der Waals surface area contributed by atoms with Gasteiger partial charge in [-0.15, -0.1) is 0 Å². The SMILES string of the molecule is CCC1CN(C(=O)OC(C)(C)C)CCN1C(=O)OC(C)(C)C. The van der Waals surface area contributed by atoms with Gasteiger partial charge in [0.15, 0.2) is 0 Å². The molecular weight excluding hydrogens is 284 g/mol. The van der Waals surface area contributed by atoms with Crippen molar-refractivity contribution < 1.29 is 19.1 Å². The summed E-state index contributed by atoms with van der Waals surface area (Å²) in [5.41, 5.74) is -1.03. The van der Waals surface area contributed by atoms with Crippen molar-refractivity contribution in [3.05, 3.63) is 0 Å². The van der Waals surface area contributed by atoms with Crippen LogP contribution in [0.15, 0.2) is 0 Å². The molecular formula is C16H30N2O4. The van der Waals surface area contributed by atoms with E-state index in [2.05, 4.69) is 0 Å². The molecule has 22 heavy (non-hydrogen) atoms. The highest BCUT2D eigenvalue weighted by Crippen LogP contribution is 2.19. The zero-order valence-electron chi connectivity index (χ0n) is 14.9. The Bertz CT molecular complexity index is 409. The molecule has 1 unspecified atom stereocenters. The van der Waals surface area contributed by atoms with Crippen LogP contribution < -0.4 is 0 Å². The number of carbonyl (C=O) groups is 2. The molecule has 1 rings (SSSR count). The molecule has 1 atom stereocenters. The molecule has 128 valence electrons. The van der Waals surface area contributed by atoms with Crippen molar-refractivity contribution in [2.75, 3.05) is 19.6 Å². The van der Waals surface area contributed by atoms with E-state index in [1.54, 1.807) is 9.80 Å². The van der Waals surface area contributed by atoms with Crippen LogP contribution in [-0.2, 0) is 9.47 Å². The van der Waals surface area contributed by atoms with Crippen LogP contribution in [0.3, 0.4) is 0 Å². The fourth-order valence-electron chi connectivity index (χ4n) is 2.26. The Morgan fingerprint density at radius 3 is 1.91 bits per heavy atom. The van der Waals surface area contributed by atoms with E-state index in [4.69, 9.17) is 9.47 Å². The van der Waals surface area contributed by atoms with Crippen molar-refractivity contribution in [2.45, 2.75) is 72.1 Å². The molecule has 0 aromatic carbocycles. The van der Waals surface area contributed by atoms with E-state index in [9.17, 15) is 9.59 Å². The second-order valence-electron chi connectivity index (χ2n) is 7.66. The summed E-state index contributed by atoms with van der Waals surface area (Å²) in [7, 11) is 0. The Labute approximate surface area is 133 Å². The fraction of sp³-hybridized carbons (Fsp3) is 0.875. The summed E-state index contributed by atoms with van der Waals surface area (Å²) in [6, 6.07) is -0.0453. The number of hydrogen-bond acceptors (Lipinski definition) is 4. The molecule has 2 amide bonds. The zero-order chi connectivity index (χ0) is 17.1. The summed E-state index contributed by atoms with van der Waals surface area (Å²) in [6.45, 7) is 14.5. The van der Waals surface area contributed by atoms with Crippen LogP contribution in [0.1, 0.15) is 54.9 Å². The van der Waals surface area contributed by atoms with Gasteiger partial charge in [-0.2, -0.15) is 0 Å². The van der Waals surface area contributed by atoms with Crippen LogP contribution in [0.2, 0.25) is 0 Å². The molecule has 6 nitrogen and oxygen atoms in total. The molecule has 1 saturated heterocycles. The van der Waals surface area contributed by atoms with E-state index in [0.29, 0.717) is 19.6 Å². The lowest BCUT2D eigenvalue weighted by Crippen LogP contribution is -2.57. The molecule has 1 aliphatic heterocycles. The van der Waals surface area contributed by atoms with Crippen LogP contribution in [0.5, 0.6) is 0 Å². The summed E-state index contributed by atoms with van der Waals surface area (Å²) < 4.78 is 10.8. The van der Waals surface area contributed by atoms with Crippen molar-refractivity contribution >= 4 is 12.2 Å². The van der Waals surface area contributed by atoms with Gasteiger partial charge in [0.25, 0.3) is 0 Å². The minimum Gasteiger partial charge on any atom is -0.444 e. The summed E-state index contributed by atoms with van der Waals surface area (Å²) >= 11 is 0. The number of hydrogen-bond donors (Lipinski definition) is 0. The van der Waals surface area contributed by atoms with Crippen molar-refractivity contribution in [1.82, 2.24) is 9.80 Å². The Hall–Kier alpha value is -1.46. The van der Waals surface area contributed by atoms with Gasteiger partial charge in [-0.1, -0.05) is 6.92 Å². The number of carbonyl (C=O) groups excluding carboxylic acids is 2. The van der Waals surface area contributed by atoms with Gasteiger partial charge in [0.2, 0.25) is 0 Å². The monoisotopic (exact) mass is 314 g/mol. The van der Waals surface area contributed by atoms with E-state index in [0.717, 1.165) is 6.42 Å². The molecule has 0 N–H and O–H groups in total. The summed E-state index contributed by atoms with van der Waals surface area (Å²) in [5.74, 6) is 0. The first kappa shape index (κ1) is 18.6. The van der Waals surface area contributed by atoms with Gasteiger partial charge in [0.1, 0.15) is 11.2 Å². The number of amides is 2. The highest BCUT2D eigenvalue weighted by molar-refractivity contribution is 5.71. The Balaban J connectivity index is 2.68. The van der Waals surface area contributed by atoms with Crippen molar-refractivity contribution in [3.63, 3.8) is 0 Å². The van der Waals surface area contributed by atoms with Crippen LogP contribution in [0, 0.1) is 0 Å². The van der Waals surface area contributed by atoms with Gasteiger partial charge in [0.05, 0.1) is 6.04 Å². The first-order valence-electron chi connectivity index (χ1n) is 7.90. The highest BCUT2D eigenvalue weighted by atomic mass is 16.6. The van der Waals surface area contributed by atoms with E-state index in [-0.39, 0.29) is 18.2 Å². The molecule has 1 fully saturated rings. The Morgan fingerprint density at radius 1 is 0.955 bits per heavy atom. The number of piperazine rings is 1. The average Bonchev–Trinajstić information content (AvgIpc) is 2.33. The molecule has 0 radical (unpaired) electrons. The minimum absolute atomic E-state index is 0.0453. The summed E-state index contributed by atoms with van der Waals surface area (Å²) in [6.07, 6.45) is 0.122. The van der Waals surface area contributed by atoms with E-state index < -0.39 is 11.2 Å². The van der Waals surface area contributed by atoms with Crippen LogP contribution in [0.25, 0.3) is 0 Å². The highest BCUT2D eigenvalue weighted by Gasteiger charge is 2.35. The molecule has 0 aliphatic carbocycles. The zero-order valence-corrected chi connectivity index (χ0v) is 14.9. The Kier molecular flexibility index (Phi) is 5.70. The molecule has 0 saturated carbocycles.